The molecule has 0 saturated carbocycles. The van der Waals surface area contributed by atoms with Crippen LogP contribution < -0.4 is 0 Å². The molecule has 1 spiro atoms. The van der Waals surface area contributed by atoms with Crippen molar-refractivity contribution in [1.82, 2.24) is 15.0 Å². The number of furan rings is 1. The van der Waals surface area contributed by atoms with E-state index in [9.17, 15) is 0 Å². The fourth-order valence-electron chi connectivity index (χ4n) is 11.2. The van der Waals surface area contributed by atoms with Crippen molar-refractivity contribution in [2.24, 2.45) is 0 Å². The van der Waals surface area contributed by atoms with Crippen molar-refractivity contribution in [3.63, 3.8) is 0 Å². The Hall–Kier alpha value is -8.21. The van der Waals surface area contributed by atoms with Gasteiger partial charge in [-0.3, -0.25) is 0 Å². The summed E-state index contributed by atoms with van der Waals surface area (Å²) >= 11 is 0. The van der Waals surface area contributed by atoms with Gasteiger partial charge in [0.25, 0.3) is 0 Å². The molecule has 2 heterocycles. The van der Waals surface area contributed by atoms with E-state index >= 15 is 0 Å². The highest BCUT2D eigenvalue weighted by atomic mass is 16.3. The highest BCUT2D eigenvalue weighted by molar-refractivity contribution is 6.09. The van der Waals surface area contributed by atoms with Crippen LogP contribution in [0, 0.1) is 0 Å². The molecule has 0 fully saturated rings. The van der Waals surface area contributed by atoms with Gasteiger partial charge < -0.3 is 4.42 Å². The maximum atomic E-state index is 6.65. The summed E-state index contributed by atoms with van der Waals surface area (Å²) in [6.07, 6.45) is 0. The fourth-order valence-corrected chi connectivity index (χ4v) is 11.2. The molecule has 9 aromatic carbocycles. The first-order chi connectivity index (χ1) is 32.0. The van der Waals surface area contributed by atoms with Gasteiger partial charge in [0, 0.05) is 27.3 Å². The average Bonchev–Trinajstić information content (AvgIpc) is 3.90. The molecule has 4 heteroatoms. The highest BCUT2D eigenvalue weighted by Gasteiger charge is 2.53. The summed E-state index contributed by atoms with van der Waals surface area (Å²) in [6.45, 7) is 4.73. The van der Waals surface area contributed by atoms with E-state index < -0.39 is 5.41 Å². The zero-order valence-corrected chi connectivity index (χ0v) is 36.0. The van der Waals surface area contributed by atoms with Crippen LogP contribution in [0.25, 0.3) is 89.5 Å². The van der Waals surface area contributed by atoms with Gasteiger partial charge in [-0.15, -0.1) is 0 Å². The number of rotatable bonds is 5. The minimum Gasteiger partial charge on any atom is -0.455 e. The number of benzene rings is 9. The minimum absolute atomic E-state index is 0.196. The Morgan fingerprint density at radius 2 is 0.785 bits per heavy atom. The first kappa shape index (κ1) is 37.4. The van der Waals surface area contributed by atoms with Crippen LogP contribution in [-0.4, -0.2) is 15.0 Å². The number of hydrogen-bond acceptors (Lipinski definition) is 4. The monoisotopic (exact) mass is 831 g/mol. The second kappa shape index (κ2) is 14.2. The lowest BCUT2D eigenvalue weighted by Crippen LogP contribution is -2.40. The first-order valence-corrected chi connectivity index (χ1v) is 22.4. The Labute approximate surface area is 377 Å². The minimum atomic E-state index is -0.554. The first-order valence-electron chi connectivity index (χ1n) is 22.4. The number of hydrogen-bond donors (Lipinski definition) is 0. The molecule has 65 heavy (non-hydrogen) atoms. The highest BCUT2D eigenvalue weighted by Crippen LogP contribution is 2.63. The van der Waals surface area contributed by atoms with Gasteiger partial charge in [0.15, 0.2) is 17.5 Å². The molecule has 306 valence electrons. The van der Waals surface area contributed by atoms with Crippen LogP contribution in [0.2, 0.25) is 0 Å². The van der Waals surface area contributed by atoms with Crippen molar-refractivity contribution in [1.29, 1.82) is 0 Å². The van der Waals surface area contributed by atoms with Crippen LogP contribution in [-0.2, 0) is 10.8 Å². The van der Waals surface area contributed by atoms with E-state index in [-0.39, 0.29) is 5.41 Å². The van der Waals surface area contributed by atoms with E-state index in [1.54, 1.807) is 0 Å². The predicted molar refractivity (Wildman–Crippen MR) is 264 cm³/mol. The molecule has 2 aliphatic carbocycles. The summed E-state index contributed by atoms with van der Waals surface area (Å²) < 4.78 is 6.65. The van der Waals surface area contributed by atoms with Crippen LogP contribution in [0.15, 0.2) is 217 Å². The molecule has 11 aromatic rings. The van der Waals surface area contributed by atoms with E-state index in [4.69, 9.17) is 19.4 Å². The maximum Gasteiger partial charge on any atom is 0.167 e. The molecule has 0 aliphatic heterocycles. The van der Waals surface area contributed by atoms with Crippen molar-refractivity contribution in [2.45, 2.75) is 24.7 Å². The lowest BCUT2D eigenvalue weighted by Gasteiger charge is -2.46. The fraction of sp³-hybridized carbons (Fsp3) is 0.0656. The molecule has 0 N–H and O–H groups in total. The molecule has 2 aliphatic rings. The molecule has 0 bridgehead atoms. The topological polar surface area (TPSA) is 51.8 Å². The van der Waals surface area contributed by atoms with E-state index in [2.05, 4.69) is 214 Å². The lowest BCUT2D eigenvalue weighted by atomic mass is 9.55. The zero-order chi connectivity index (χ0) is 43.3. The molecular weight excluding hydrogens is 791 g/mol. The molecule has 13 rings (SSSR count). The number of aromatic nitrogens is 3. The van der Waals surface area contributed by atoms with Gasteiger partial charge in [0.2, 0.25) is 0 Å². The zero-order valence-electron chi connectivity index (χ0n) is 36.0. The van der Waals surface area contributed by atoms with Gasteiger partial charge in [-0.05, 0) is 78.9 Å². The molecule has 0 unspecified atom stereocenters. The van der Waals surface area contributed by atoms with Crippen LogP contribution >= 0.6 is 0 Å². The Morgan fingerprint density at radius 3 is 1.51 bits per heavy atom. The van der Waals surface area contributed by atoms with Gasteiger partial charge in [-0.25, -0.2) is 15.0 Å². The average molecular weight is 832 g/mol. The number of para-hydroxylation sites is 2. The quantitative estimate of drug-likeness (QED) is 0.173. The van der Waals surface area contributed by atoms with Gasteiger partial charge in [0.05, 0.1) is 11.0 Å². The second-order valence-corrected chi connectivity index (χ2v) is 17.8. The standard InChI is InChI=1S/C61H41N3O/c1-60(2)49-28-11-13-30-51(49)61(52-31-14-12-29-50(52)60)48-27-10-8-23-45(48)55-46(25-17-32-53(55)61)58-62-57(63-59(64-58)47-26-16-24-43-42-21-9-15-33-54(42)65-56(43)47)44-22-7-6-20-41(44)40-36-34-39(35-37-40)38-18-4-3-5-19-38/h3-37H,1-2H3. The summed E-state index contributed by atoms with van der Waals surface area (Å²) in [5, 5.41) is 2.08. The molecule has 0 atom stereocenters. The molecule has 0 amide bonds. The van der Waals surface area contributed by atoms with E-state index in [0.717, 1.165) is 55.3 Å². The summed E-state index contributed by atoms with van der Waals surface area (Å²) in [5.41, 5.74) is 18.1. The third-order valence-corrected chi connectivity index (χ3v) is 14.1. The van der Waals surface area contributed by atoms with Crippen molar-refractivity contribution in [2.75, 3.05) is 0 Å². The van der Waals surface area contributed by atoms with Crippen molar-refractivity contribution in [3.8, 4) is 67.5 Å². The number of nitrogens with zero attached hydrogens (tertiary/aromatic N) is 3. The van der Waals surface area contributed by atoms with E-state index in [1.807, 2.05) is 12.1 Å². The Bertz CT molecular complexity index is 3640. The van der Waals surface area contributed by atoms with E-state index in [0.29, 0.717) is 17.5 Å². The van der Waals surface area contributed by atoms with Crippen molar-refractivity contribution >= 4 is 21.9 Å². The molecule has 0 saturated heterocycles. The normalized spacial score (nSPS) is 13.9. The van der Waals surface area contributed by atoms with E-state index in [1.165, 1.54) is 50.1 Å². The van der Waals surface area contributed by atoms with Crippen LogP contribution in [0.1, 0.15) is 47.2 Å². The second-order valence-electron chi connectivity index (χ2n) is 17.8. The predicted octanol–water partition coefficient (Wildman–Crippen LogP) is 15.1. The molecular formula is C61H41N3O. The SMILES string of the molecule is CC1(C)c2ccccc2C2(c3ccccc3-c3c(-c4nc(-c5ccccc5-c5ccc(-c6ccccc6)cc5)nc(-c5cccc6c5oc5ccccc56)n4)cccc32)c2ccccc21. The van der Waals surface area contributed by atoms with Crippen LogP contribution in [0.4, 0.5) is 0 Å². The molecule has 4 nitrogen and oxygen atoms in total. The molecule has 0 radical (unpaired) electrons. The third-order valence-electron chi connectivity index (χ3n) is 14.1. The smallest absolute Gasteiger partial charge is 0.167 e. The summed E-state index contributed by atoms with van der Waals surface area (Å²) in [5.74, 6) is 1.75. The van der Waals surface area contributed by atoms with Gasteiger partial charge in [0.1, 0.15) is 11.2 Å². The molecule has 2 aromatic heterocycles. The largest absolute Gasteiger partial charge is 0.455 e. The Balaban J connectivity index is 1.08. The van der Waals surface area contributed by atoms with Crippen molar-refractivity contribution < 1.29 is 4.42 Å². The summed E-state index contributed by atoms with van der Waals surface area (Å²) in [7, 11) is 0. The van der Waals surface area contributed by atoms with Crippen LogP contribution in [0.5, 0.6) is 0 Å². The van der Waals surface area contributed by atoms with Gasteiger partial charge >= 0.3 is 0 Å². The van der Waals surface area contributed by atoms with Crippen molar-refractivity contribution in [3.05, 3.63) is 246 Å². The lowest BCUT2D eigenvalue weighted by molar-refractivity contribution is 0.563. The maximum absolute atomic E-state index is 6.65. The van der Waals surface area contributed by atoms with Gasteiger partial charge in [-0.2, -0.15) is 0 Å². The summed E-state index contributed by atoms with van der Waals surface area (Å²) in [4.78, 5) is 16.4. The van der Waals surface area contributed by atoms with Crippen LogP contribution in [0.3, 0.4) is 0 Å². The van der Waals surface area contributed by atoms with Gasteiger partial charge in [-0.1, -0.05) is 214 Å². The third kappa shape index (κ3) is 5.41. The Morgan fingerprint density at radius 1 is 0.323 bits per heavy atom. The number of fused-ring (bicyclic) bond motifs is 12. The Kier molecular flexibility index (Phi) is 8.13. The summed E-state index contributed by atoms with van der Waals surface area (Å²) in [6, 6.07) is 76.0.